The molecule has 4 aromatic rings. The van der Waals surface area contributed by atoms with E-state index in [2.05, 4.69) is 4.99 Å². The number of ether oxygens (including phenoxy) is 1. The predicted octanol–water partition coefficient (Wildman–Crippen LogP) is 4.06. The molecule has 3 heterocycles. The molecule has 0 fully saturated rings. The molecule has 38 heavy (non-hydrogen) atoms. The van der Waals surface area contributed by atoms with E-state index in [1.165, 1.54) is 22.0 Å². The summed E-state index contributed by atoms with van der Waals surface area (Å²) in [4.78, 5) is 43.3. The number of benzene rings is 2. The highest BCUT2D eigenvalue weighted by atomic mass is 32.1. The number of carbonyl (C=O) groups excluding carboxylic acids is 1. The Bertz CT molecular complexity index is 1770. The Labute approximate surface area is 221 Å². The summed E-state index contributed by atoms with van der Waals surface area (Å²) in [7, 11) is 0. The van der Waals surface area contributed by atoms with Gasteiger partial charge in [0.2, 0.25) is 0 Å². The second-order valence-corrected chi connectivity index (χ2v) is 9.77. The maximum Gasteiger partial charge on any atom is 0.338 e. The summed E-state index contributed by atoms with van der Waals surface area (Å²) >= 11 is 1.19. The van der Waals surface area contributed by atoms with Gasteiger partial charge in [-0.3, -0.25) is 9.36 Å². The number of esters is 1. The fourth-order valence-electron chi connectivity index (χ4n) is 4.44. The van der Waals surface area contributed by atoms with Crippen molar-refractivity contribution >= 4 is 29.4 Å². The van der Waals surface area contributed by atoms with Gasteiger partial charge in [0.25, 0.3) is 5.56 Å². The van der Waals surface area contributed by atoms with Crippen LogP contribution in [0.3, 0.4) is 0 Å². The number of rotatable bonds is 6. The van der Waals surface area contributed by atoms with Gasteiger partial charge in [-0.15, -0.1) is 0 Å². The van der Waals surface area contributed by atoms with Gasteiger partial charge in [0.15, 0.2) is 4.80 Å². The summed E-state index contributed by atoms with van der Waals surface area (Å²) in [6.45, 7) is 5.64. The number of carbonyl (C=O) groups is 2. The molecule has 0 amide bonds. The SMILES string of the molecule is CCOC(=O)C1=C(C)N=c2s/c(=C\c3ccc(-c4ccccc4C(=O)O)o3)c(=O)n2[C@@H]1c1ccc(C)cc1. The third kappa shape index (κ3) is 4.52. The van der Waals surface area contributed by atoms with Crippen LogP contribution in [0.5, 0.6) is 0 Å². The quantitative estimate of drug-likeness (QED) is 0.378. The van der Waals surface area contributed by atoms with Crippen LogP contribution in [0.4, 0.5) is 0 Å². The topological polar surface area (TPSA) is 111 Å². The van der Waals surface area contributed by atoms with Crippen LogP contribution in [-0.4, -0.2) is 28.2 Å². The monoisotopic (exact) mass is 528 g/mol. The zero-order valence-corrected chi connectivity index (χ0v) is 21.7. The molecular weight excluding hydrogens is 504 g/mol. The van der Waals surface area contributed by atoms with Gasteiger partial charge >= 0.3 is 11.9 Å². The Kier molecular flexibility index (Phi) is 6.69. The van der Waals surface area contributed by atoms with Gasteiger partial charge in [-0.05, 0) is 44.5 Å². The Balaban J connectivity index is 1.64. The number of nitrogens with zero attached hydrogens (tertiary/aromatic N) is 2. The highest BCUT2D eigenvalue weighted by Gasteiger charge is 2.33. The lowest BCUT2D eigenvalue weighted by molar-refractivity contribution is -0.139. The largest absolute Gasteiger partial charge is 0.478 e. The smallest absolute Gasteiger partial charge is 0.338 e. The molecule has 0 bridgehead atoms. The number of fused-ring (bicyclic) bond motifs is 1. The van der Waals surface area contributed by atoms with Crippen LogP contribution in [0.25, 0.3) is 17.4 Å². The Morgan fingerprint density at radius 2 is 1.84 bits per heavy atom. The van der Waals surface area contributed by atoms with E-state index in [1.54, 1.807) is 50.3 Å². The molecule has 2 aromatic heterocycles. The number of aryl methyl sites for hydroxylation is 1. The first-order valence-corrected chi connectivity index (χ1v) is 12.8. The zero-order chi connectivity index (χ0) is 27.0. The van der Waals surface area contributed by atoms with Crippen LogP contribution in [-0.2, 0) is 9.53 Å². The number of furan rings is 1. The van der Waals surface area contributed by atoms with Crippen molar-refractivity contribution in [3.63, 3.8) is 0 Å². The summed E-state index contributed by atoms with van der Waals surface area (Å²) in [5.74, 6) is -0.809. The number of carboxylic acids is 1. The van der Waals surface area contributed by atoms with Gasteiger partial charge in [0.1, 0.15) is 11.5 Å². The Morgan fingerprint density at radius 3 is 2.55 bits per heavy atom. The normalized spacial score (nSPS) is 15.2. The standard InChI is InChI=1S/C29H24N2O6S/c1-4-36-28(35)24-17(3)30-29-31(25(24)18-11-9-16(2)10-12-18)26(32)23(38-29)15-19-13-14-22(37-19)20-7-5-6-8-21(20)27(33)34/h5-15,25H,4H2,1-3H3,(H,33,34)/b23-15-/t25-/m1/s1. The van der Waals surface area contributed by atoms with Crippen LogP contribution in [0.15, 0.2) is 86.1 Å². The van der Waals surface area contributed by atoms with Crippen molar-refractivity contribution in [3.05, 3.63) is 114 Å². The second kappa shape index (κ2) is 10.1. The van der Waals surface area contributed by atoms with Crippen molar-refractivity contribution < 1.29 is 23.8 Å². The Morgan fingerprint density at radius 1 is 1.11 bits per heavy atom. The molecule has 8 nitrogen and oxygen atoms in total. The summed E-state index contributed by atoms with van der Waals surface area (Å²) in [5.41, 5.74) is 2.87. The van der Waals surface area contributed by atoms with E-state index in [9.17, 15) is 19.5 Å². The minimum atomic E-state index is -1.06. The number of aromatic carboxylic acids is 1. The molecule has 0 spiro atoms. The average molecular weight is 529 g/mol. The number of thiazole rings is 1. The van der Waals surface area contributed by atoms with Gasteiger partial charge in [-0.2, -0.15) is 0 Å². The van der Waals surface area contributed by atoms with E-state index in [0.717, 1.165) is 11.1 Å². The highest BCUT2D eigenvalue weighted by molar-refractivity contribution is 7.07. The number of hydrogen-bond acceptors (Lipinski definition) is 7. The molecule has 0 saturated heterocycles. The van der Waals surface area contributed by atoms with Crippen LogP contribution in [0.1, 0.15) is 47.1 Å². The van der Waals surface area contributed by atoms with Crippen LogP contribution in [0, 0.1) is 6.92 Å². The van der Waals surface area contributed by atoms with Crippen molar-refractivity contribution in [3.8, 4) is 11.3 Å². The minimum absolute atomic E-state index is 0.118. The van der Waals surface area contributed by atoms with E-state index in [1.807, 2.05) is 31.2 Å². The van der Waals surface area contributed by atoms with E-state index >= 15 is 0 Å². The van der Waals surface area contributed by atoms with E-state index in [4.69, 9.17) is 9.15 Å². The number of allylic oxidation sites excluding steroid dienone is 1. The maximum atomic E-state index is 13.7. The predicted molar refractivity (Wildman–Crippen MR) is 143 cm³/mol. The molecule has 1 aliphatic rings. The number of hydrogen-bond donors (Lipinski definition) is 1. The van der Waals surface area contributed by atoms with E-state index < -0.39 is 18.0 Å². The van der Waals surface area contributed by atoms with E-state index in [-0.39, 0.29) is 17.7 Å². The third-order valence-electron chi connectivity index (χ3n) is 6.23. The molecule has 0 unspecified atom stereocenters. The van der Waals surface area contributed by atoms with Crippen LogP contribution < -0.4 is 14.9 Å². The first-order chi connectivity index (χ1) is 18.3. The fourth-order valence-corrected chi connectivity index (χ4v) is 5.47. The second-order valence-electron chi connectivity index (χ2n) is 8.77. The molecule has 0 saturated carbocycles. The maximum absolute atomic E-state index is 13.7. The van der Waals surface area contributed by atoms with Crippen molar-refractivity contribution in [2.24, 2.45) is 4.99 Å². The molecule has 0 aliphatic carbocycles. The molecule has 2 aromatic carbocycles. The van der Waals surface area contributed by atoms with Gasteiger partial charge in [-0.25, -0.2) is 14.6 Å². The van der Waals surface area contributed by atoms with Crippen molar-refractivity contribution in [2.45, 2.75) is 26.8 Å². The van der Waals surface area contributed by atoms with Crippen LogP contribution >= 0.6 is 11.3 Å². The third-order valence-corrected chi connectivity index (χ3v) is 7.22. The van der Waals surface area contributed by atoms with Gasteiger partial charge in [-0.1, -0.05) is 59.4 Å². The van der Waals surface area contributed by atoms with Gasteiger partial charge < -0.3 is 14.3 Å². The first-order valence-electron chi connectivity index (χ1n) is 12.0. The minimum Gasteiger partial charge on any atom is -0.478 e. The Hall–Kier alpha value is -4.50. The number of aromatic nitrogens is 1. The summed E-state index contributed by atoms with van der Waals surface area (Å²) in [6, 6.07) is 16.9. The zero-order valence-electron chi connectivity index (χ0n) is 20.9. The fraction of sp³-hybridized carbons (Fsp3) is 0.172. The summed E-state index contributed by atoms with van der Waals surface area (Å²) in [6.07, 6.45) is 1.60. The van der Waals surface area contributed by atoms with Crippen LogP contribution in [0.2, 0.25) is 0 Å². The highest BCUT2D eigenvalue weighted by Crippen LogP contribution is 2.31. The molecule has 1 N–H and O–H groups in total. The van der Waals surface area contributed by atoms with Gasteiger partial charge in [0, 0.05) is 11.6 Å². The molecule has 9 heteroatoms. The lowest BCUT2D eigenvalue weighted by Gasteiger charge is -2.24. The average Bonchev–Trinajstić information content (AvgIpc) is 3.48. The van der Waals surface area contributed by atoms with Crippen molar-refractivity contribution in [1.82, 2.24) is 4.57 Å². The lowest BCUT2D eigenvalue weighted by atomic mass is 9.95. The van der Waals surface area contributed by atoms with Crippen molar-refractivity contribution in [1.29, 1.82) is 0 Å². The molecule has 0 radical (unpaired) electrons. The molecule has 192 valence electrons. The molecular formula is C29H24N2O6S. The molecule has 1 atom stereocenters. The first kappa shape index (κ1) is 25.2. The molecule has 5 rings (SSSR count). The lowest BCUT2D eigenvalue weighted by Crippen LogP contribution is -2.39. The number of carboxylic acid groups (broad SMARTS) is 1. The van der Waals surface area contributed by atoms with Crippen molar-refractivity contribution in [2.75, 3.05) is 6.61 Å². The summed E-state index contributed by atoms with van der Waals surface area (Å²) in [5, 5.41) is 9.51. The summed E-state index contributed by atoms with van der Waals surface area (Å²) < 4.78 is 13.1. The van der Waals surface area contributed by atoms with E-state index in [0.29, 0.717) is 37.7 Å². The molecule has 1 aliphatic heterocycles. The van der Waals surface area contributed by atoms with Gasteiger partial charge in [0.05, 0.1) is 34.0 Å².